The summed E-state index contributed by atoms with van der Waals surface area (Å²) in [5, 5.41) is 6.03. The van der Waals surface area contributed by atoms with Crippen molar-refractivity contribution in [2.75, 3.05) is 0 Å². The van der Waals surface area contributed by atoms with Gasteiger partial charge in [0.1, 0.15) is 0 Å². The normalized spacial score (nSPS) is 15.2. The first-order valence-electron chi connectivity index (χ1n) is 9.77. The van der Waals surface area contributed by atoms with E-state index in [1.807, 2.05) is 54.6 Å². The fourth-order valence-corrected chi connectivity index (χ4v) is 4.12. The second kappa shape index (κ2) is 7.36. The fraction of sp³-hybridized carbons (Fsp3) is 0.261. The molecule has 0 saturated heterocycles. The molecule has 4 aromatic rings. The maximum absolute atomic E-state index is 6.04. The number of fused-ring (bicyclic) bond motifs is 1. The number of aromatic nitrogens is 3. The van der Waals surface area contributed by atoms with Crippen LogP contribution in [0.1, 0.15) is 43.8 Å². The fourth-order valence-electron chi connectivity index (χ4n) is 3.99. The van der Waals surface area contributed by atoms with Gasteiger partial charge in [0, 0.05) is 21.9 Å². The van der Waals surface area contributed by atoms with Gasteiger partial charge >= 0.3 is 0 Å². The smallest absolute Gasteiger partial charge is 0.258 e. The Morgan fingerprint density at radius 3 is 2.50 bits per heavy atom. The SMILES string of the molecule is Clc1ccc(-c2cc(-c3nc(C4CCCCC4)no3)c3ccccc3n2)cc1. The molecule has 4 nitrogen and oxygen atoms in total. The Kier molecular flexibility index (Phi) is 4.57. The quantitative estimate of drug-likeness (QED) is 0.393. The second-order valence-electron chi connectivity index (χ2n) is 7.37. The molecule has 0 spiro atoms. The van der Waals surface area contributed by atoms with E-state index >= 15 is 0 Å². The summed E-state index contributed by atoms with van der Waals surface area (Å²) in [6, 6.07) is 17.8. The average Bonchev–Trinajstić information content (AvgIpc) is 3.24. The molecule has 0 radical (unpaired) electrons. The molecular weight excluding hydrogens is 370 g/mol. The zero-order chi connectivity index (χ0) is 18.9. The molecule has 2 aromatic carbocycles. The van der Waals surface area contributed by atoms with E-state index in [-0.39, 0.29) is 0 Å². The molecule has 0 N–H and O–H groups in total. The van der Waals surface area contributed by atoms with E-state index in [0.29, 0.717) is 16.8 Å². The predicted octanol–water partition coefficient (Wildman–Crippen LogP) is 6.65. The van der Waals surface area contributed by atoms with Crippen LogP contribution in [-0.2, 0) is 0 Å². The summed E-state index contributed by atoms with van der Waals surface area (Å²) in [6.45, 7) is 0. The number of nitrogens with zero attached hydrogens (tertiary/aromatic N) is 3. The van der Waals surface area contributed by atoms with Crippen LogP contribution >= 0.6 is 11.6 Å². The molecule has 2 aromatic heterocycles. The first-order valence-corrected chi connectivity index (χ1v) is 10.2. The minimum Gasteiger partial charge on any atom is -0.334 e. The van der Waals surface area contributed by atoms with E-state index in [2.05, 4.69) is 5.16 Å². The number of hydrogen-bond acceptors (Lipinski definition) is 4. The molecule has 2 heterocycles. The van der Waals surface area contributed by atoms with Crippen LogP contribution < -0.4 is 0 Å². The molecule has 0 aliphatic heterocycles. The Morgan fingerprint density at radius 1 is 0.893 bits per heavy atom. The van der Waals surface area contributed by atoms with E-state index in [4.69, 9.17) is 26.1 Å². The topological polar surface area (TPSA) is 51.8 Å². The van der Waals surface area contributed by atoms with Crippen molar-refractivity contribution >= 4 is 22.5 Å². The zero-order valence-electron chi connectivity index (χ0n) is 15.4. The van der Waals surface area contributed by atoms with Crippen molar-refractivity contribution in [3.05, 3.63) is 65.4 Å². The lowest BCUT2D eigenvalue weighted by Crippen LogP contribution is -2.06. The van der Waals surface area contributed by atoms with Gasteiger partial charge in [-0.2, -0.15) is 4.98 Å². The molecule has 140 valence electrons. The largest absolute Gasteiger partial charge is 0.334 e. The van der Waals surface area contributed by atoms with Crippen LogP contribution in [0.3, 0.4) is 0 Å². The summed E-state index contributed by atoms with van der Waals surface area (Å²) in [5.74, 6) is 1.81. The molecule has 5 rings (SSSR count). The minimum absolute atomic E-state index is 0.412. The van der Waals surface area contributed by atoms with Crippen LogP contribution in [0.4, 0.5) is 0 Å². The van der Waals surface area contributed by atoms with E-state index in [1.165, 1.54) is 19.3 Å². The first-order chi connectivity index (χ1) is 13.8. The Hall–Kier alpha value is -2.72. The van der Waals surface area contributed by atoms with Crippen molar-refractivity contribution in [2.45, 2.75) is 38.0 Å². The van der Waals surface area contributed by atoms with Crippen LogP contribution in [0.15, 0.2) is 59.1 Å². The molecule has 1 aliphatic rings. The maximum atomic E-state index is 6.04. The Balaban J connectivity index is 1.62. The number of para-hydroxylation sites is 1. The van der Waals surface area contributed by atoms with Crippen molar-refractivity contribution in [1.82, 2.24) is 15.1 Å². The number of rotatable bonds is 3. The van der Waals surface area contributed by atoms with Gasteiger partial charge in [0.15, 0.2) is 5.82 Å². The third kappa shape index (κ3) is 3.29. The second-order valence-corrected chi connectivity index (χ2v) is 7.81. The van der Waals surface area contributed by atoms with Crippen molar-refractivity contribution in [1.29, 1.82) is 0 Å². The van der Waals surface area contributed by atoms with Gasteiger partial charge in [0.25, 0.3) is 5.89 Å². The predicted molar refractivity (Wildman–Crippen MR) is 111 cm³/mol. The van der Waals surface area contributed by atoms with Gasteiger partial charge in [-0.1, -0.05) is 66.4 Å². The van der Waals surface area contributed by atoms with Gasteiger partial charge in [0.05, 0.1) is 16.8 Å². The minimum atomic E-state index is 0.412. The Labute approximate surface area is 168 Å². The standard InChI is InChI=1S/C23H20ClN3O/c24-17-12-10-15(11-13-17)21-14-19(18-8-4-5-9-20(18)25-21)23-26-22(27-28-23)16-6-2-1-3-7-16/h4-5,8-14,16H,1-3,6-7H2. The first kappa shape index (κ1) is 17.4. The monoisotopic (exact) mass is 389 g/mol. The molecule has 1 aliphatic carbocycles. The van der Waals surface area contributed by atoms with E-state index in [1.54, 1.807) is 0 Å². The molecule has 0 amide bonds. The van der Waals surface area contributed by atoms with Crippen molar-refractivity contribution in [2.24, 2.45) is 0 Å². The highest BCUT2D eigenvalue weighted by molar-refractivity contribution is 6.30. The van der Waals surface area contributed by atoms with Gasteiger partial charge in [-0.15, -0.1) is 0 Å². The van der Waals surface area contributed by atoms with E-state index < -0.39 is 0 Å². The number of benzene rings is 2. The van der Waals surface area contributed by atoms with Crippen LogP contribution in [0.5, 0.6) is 0 Å². The van der Waals surface area contributed by atoms with Crippen LogP contribution in [0.25, 0.3) is 33.6 Å². The van der Waals surface area contributed by atoms with E-state index in [0.717, 1.165) is 46.4 Å². The highest BCUT2D eigenvalue weighted by atomic mass is 35.5. The van der Waals surface area contributed by atoms with Crippen molar-refractivity contribution < 1.29 is 4.52 Å². The zero-order valence-corrected chi connectivity index (χ0v) is 16.2. The highest BCUT2D eigenvalue weighted by Gasteiger charge is 2.22. The number of pyridine rings is 1. The summed E-state index contributed by atoms with van der Waals surface area (Å²) in [5.41, 5.74) is 3.69. The van der Waals surface area contributed by atoms with E-state index in [9.17, 15) is 0 Å². The van der Waals surface area contributed by atoms with Gasteiger partial charge in [-0.25, -0.2) is 4.98 Å². The lowest BCUT2D eigenvalue weighted by molar-refractivity contribution is 0.385. The van der Waals surface area contributed by atoms with Gasteiger partial charge < -0.3 is 4.52 Å². The Bertz CT molecular complexity index is 1110. The maximum Gasteiger partial charge on any atom is 0.258 e. The summed E-state index contributed by atoms with van der Waals surface area (Å²) in [4.78, 5) is 9.60. The molecule has 1 fully saturated rings. The number of hydrogen-bond donors (Lipinski definition) is 0. The molecular formula is C23H20ClN3O. The summed E-state index contributed by atoms with van der Waals surface area (Å²) < 4.78 is 5.71. The Morgan fingerprint density at radius 2 is 1.68 bits per heavy atom. The highest BCUT2D eigenvalue weighted by Crippen LogP contribution is 2.35. The van der Waals surface area contributed by atoms with Gasteiger partial charge in [-0.05, 0) is 37.1 Å². The summed E-state index contributed by atoms with van der Waals surface area (Å²) >= 11 is 6.04. The molecule has 28 heavy (non-hydrogen) atoms. The lowest BCUT2D eigenvalue weighted by atomic mass is 9.89. The van der Waals surface area contributed by atoms with Crippen molar-refractivity contribution in [3.8, 4) is 22.7 Å². The molecule has 0 unspecified atom stereocenters. The van der Waals surface area contributed by atoms with Crippen LogP contribution in [-0.4, -0.2) is 15.1 Å². The van der Waals surface area contributed by atoms with Crippen molar-refractivity contribution in [3.63, 3.8) is 0 Å². The van der Waals surface area contributed by atoms with Crippen LogP contribution in [0.2, 0.25) is 5.02 Å². The third-order valence-electron chi connectivity index (χ3n) is 5.50. The van der Waals surface area contributed by atoms with Gasteiger partial charge in [-0.3, -0.25) is 0 Å². The molecule has 0 atom stereocenters. The number of halogens is 1. The third-order valence-corrected chi connectivity index (χ3v) is 5.75. The molecule has 0 bridgehead atoms. The molecule has 1 saturated carbocycles. The van der Waals surface area contributed by atoms with Crippen LogP contribution in [0, 0.1) is 0 Å². The summed E-state index contributed by atoms with van der Waals surface area (Å²) in [6.07, 6.45) is 6.08. The summed E-state index contributed by atoms with van der Waals surface area (Å²) in [7, 11) is 0. The average molecular weight is 390 g/mol. The molecule has 5 heteroatoms. The lowest BCUT2D eigenvalue weighted by Gasteiger charge is -2.17. The van der Waals surface area contributed by atoms with Gasteiger partial charge in [0.2, 0.25) is 0 Å².